The molecule has 0 aliphatic heterocycles. The number of alkyl halides is 2. The van der Waals surface area contributed by atoms with E-state index < -0.39 is 5.92 Å². The van der Waals surface area contributed by atoms with Crippen molar-refractivity contribution < 1.29 is 18.7 Å². The van der Waals surface area contributed by atoms with Crippen LogP contribution in [-0.4, -0.2) is 41.0 Å². The second-order valence-electron chi connectivity index (χ2n) is 5.82. The zero-order chi connectivity index (χ0) is 13.9. The molecule has 1 N–H and O–H groups in total. The number of amides is 1. The average molecular weight is 275 g/mol. The van der Waals surface area contributed by atoms with E-state index in [1.54, 1.807) is 0 Å². The molecule has 2 aliphatic carbocycles. The summed E-state index contributed by atoms with van der Waals surface area (Å²) in [5, 5.41) is 8.91. The molecule has 2 rings (SSSR count). The zero-order valence-electron chi connectivity index (χ0n) is 11.3. The molecule has 0 aromatic carbocycles. The summed E-state index contributed by atoms with van der Waals surface area (Å²) in [5.41, 5.74) is 0. The molecular weight excluding hydrogens is 252 g/mol. The molecule has 2 aliphatic rings. The van der Waals surface area contributed by atoms with Crippen LogP contribution in [0.2, 0.25) is 0 Å². The Kier molecular flexibility index (Phi) is 4.76. The molecule has 3 nitrogen and oxygen atoms in total. The number of carbonyl (C=O) groups excluding carboxylic acids is 1. The van der Waals surface area contributed by atoms with Gasteiger partial charge in [-0.15, -0.1) is 0 Å². The fourth-order valence-electron chi connectivity index (χ4n) is 2.93. The predicted octanol–water partition coefficient (Wildman–Crippen LogP) is 2.58. The van der Waals surface area contributed by atoms with Crippen molar-refractivity contribution in [1.29, 1.82) is 0 Å². The second-order valence-corrected chi connectivity index (χ2v) is 5.82. The van der Waals surface area contributed by atoms with Crippen LogP contribution in [0, 0.1) is 5.92 Å². The van der Waals surface area contributed by atoms with Crippen molar-refractivity contribution in [2.75, 3.05) is 13.2 Å². The van der Waals surface area contributed by atoms with Crippen molar-refractivity contribution >= 4 is 5.91 Å². The van der Waals surface area contributed by atoms with E-state index in [9.17, 15) is 13.6 Å². The minimum Gasteiger partial charge on any atom is -0.396 e. The van der Waals surface area contributed by atoms with Gasteiger partial charge in [-0.25, -0.2) is 8.78 Å². The van der Waals surface area contributed by atoms with Gasteiger partial charge in [0.15, 0.2) is 0 Å². The fourth-order valence-corrected chi connectivity index (χ4v) is 2.93. The number of hydrogen-bond donors (Lipinski definition) is 1. The third-order valence-electron chi connectivity index (χ3n) is 4.42. The fraction of sp³-hybridized carbons (Fsp3) is 0.929. The quantitative estimate of drug-likeness (QED) is 0.837. The zero-order valence-corrected chi connectivity index (χ0v) is 11.3. The number of hydrogen-bond acceptors (Lipinski definition) is 2. The van der Waals surface area contributed by atoms with Crippen LogP contribution < -0.4 is 0 Å². The van der Waals surface area contributed by atoms with Crippen LogP contribution in [0.25, 0.3) is 0 Å². The van der Waals surface area contributed by atoms with Crippen LogP contribution in [0.5, 0.6) is 0 Å². The smallest absolute Gasteiger partial charge is 0.248 e. The number of carbonyl (C=O) groups is 1. The number of rotatable bonds is 5. The summed E-state index contributed by atoms with van der Waals surface area (Å²) in [6.45, 7) is 0.631. The van der Waals surface area contributed by atoms with Crippen LogP contribution in [0.3, 0.4) is 0 Å². The first-order chi connectivity index (χ1) is 9.03. The maximum absolute atomic E-state index is 13.1. The highest BCUT2D eigenvalue weighted by Crippen LogP contribution is 2.38. The van der Waals surface area contributed by atoms with Crippen LogP contribution in [-0.2, 0) is 4.79 Å². The lowest BCUT2D eigenvalue weighted by molar-refractivity contribution is -0.144. The number of aliphatic hydroxyl groups excluding tert-OH is 1. The van der Waals surface area contributed by atoms with E-state index in [2.05, 4.69) is 0 Å². The lowest BCUT2D eigenvalue weighted by atomic mass is 9.84. The first-order valence-electron chi connectivity index (χ1n) is 7.33. The largest absolute Gasteiger partial charge is 0.396 e. The van der Waals surface area contributed by atoms with Gasteiger partial charge in [0.25, 0.3) is 0 Å². The summed E-state index contributed by atoms with van der Waals surface area (Å²) in [5.74, 6) is -2.78. The second kappa shape index (κ2) is 6.16. The molecule has 2 fully saturated rings. The highest BCUT2D eigenvalue weighted by Gasteiger charge is 2.40. The van der Waals surface area contributed by atoms with Crippen molar-refractivity contribution in [2.24, 2.45) is 5.92 Å². The Bertz CT molecular complexity index is 309. The SMILES string of the molecule is O=C(C1CCC(F)(F)CC1)N(CCCO)C1CCC1. The highest BCUT2D eigenvalue weighted by molar-refractivity contribution is 5.79. The molecule has 19 heavy (non-hydrogen) atoms. The summed E-state index contributed by atoms with van der Waals surface area (Å²) in [6, 6.07) is 0.279. The molecule has 5 heteroatoms. The Balaban J connectivity index is 1.91. The van der Waals surface area contributed by atoms with Gasteiger partial charge in [-0.1, -0.05) is 0 Å². The average Bonchev–Trinajstić information content (AvgIpc) is 2.31. The van der Waals surface area contributed by atoms with Gasteiger partial charge < -0.3 is 10.0 Å². The van der Waals surface area contributed by atoms with Gasteiger partial charge in [-0.2, -0.15) is 0 Å². The first-order valence-corrected chi connectivity index (χ1v) is 7.33. The van der Waals surface area contributed by atoms with Gasteiger partial charge in [-0.05, 0) is 38.5 Å². The third kappa shape index (κ3) is 3.65. The van der Waals surface area contributed by atoms with Crippen molar-refractivity contribution in [2.45, 2.75) is 63.3 Å². The van der Waals surface area contributed by atoms with E-state index in [4.69, 9.17) is 5.11 Å². The summed E-state index contributed by atoms with van der Waals surface area (Å²) in [7, 11) is 0. The molecule has 0 radical (unpaired) electrons. The standard InChI is InChI=1S/C14H23F2NO2/c15-14(16)7-5-11(6-8-14)13(19)17(9-2-10-18)12-3-1-4-12/h11-12,18H,1-10H2. The number of halogens is 2. The molecule has 1 amide bonds. The van der Waals surface area contributed by atoms with Crippen molar-refractivity contribution in [3.05, 3.63) is 0 Å². The summed E-state index contributed by atoms with van der Waals surface area (Å²) in [6.07, 6.45) is 4.01. The van der Waals surface area contributed by atoms with E-state index >= 15 is 0 Å². The van der Waals surface area contributed by atoms with Gasteiger partial charge in [-0.3, -0.25) is 4.79 Å². The Labute approximate surface area is 113 Å². The maximum Gasteiger partial charge on any atom is 0.248 e. The van der Waals surface area contributed by atoms with E-state index in [1.807, 2.05) is 4.90 Å². The topological polar surface area (TPSA) is 40.5 Å². The number of nitrogens with zero attached hydrogens (tertiary/aromatic N) is 1. The van der Waals surface area contributed by atoms with Gasteiger partial charge in [0.05, 0.1) is 0 Å². The molecule has 0 heterocycles. The lowest BCUT2D eigenvalue weighted by Crippen LogP contribution is -2.48. The molecule has 0 bridgehead atoms. The minimum atomic E-state index is -2.58. The predicted molar refractivity (Wildman–Crippen MR) is 68.0 cm³/mol. The molecule has 0 atom stereocenters. The summed E-state index contributed by atoms with van der Waals surface area (Å²) in [4.78, 5) is 14.3. The first kappa shape index (κ1) is 14.7. The molecular formula is C14H23F2NO2. The van der Waals surface area contributed by atoms with Crippen LogP contribution >= 0.6 is 0 Å². The lowest BCUT2D eigenvalue weighted by Gasteiger charge is -2.40. The molecule has 0 saturated heterocycles. The van der Waals surface area contributed by atoms with Crippen molar-refractivity contribution in [1.82, 2.24) is 4.90 Å². The van der Waals surface area contributed by atoms with E-state index in [-0.39, 0.29) is 37.3 Å². The van der Waals surface area contributed by atoms with E-state index in [1.165, 1.54) is 0 Å². The van der Waals surface area contributed by atoms with Crippen molar-refractivity contribution in [3.8, 4) is 0 Å². The minimum absolute atomic E-state index is 0.0358. The molecule has 0 unspecified atom stereocenters. The van der Waals surface area contributed by atoms with Gasteiger partial charge in [0.2, 0.25) is 11.8 Å². The summed E-state index contributed by atoms with van der Waals surface area (Å²) < 4.78 is 26.2. The third-order valence-corrected chi connectivity index (χ3v) is 4.42. The van der Waals surface area contributed by atoms with Gasteiger partial charge >= 0.3 is 0 Å². The van der Waals surface area contributed by atoms with E-state index in [0.717, 1.165) is 19.3 Å². The van der Waals surface area contributed by atoms with Crippen LogP contribution in [0.1, 0.15) is 51.4 Å². The Hall–Kier alpha value is -0.710. The van der Waals surface area contributed by atoms with Crippen molar-refractivity contribution in [3.63, 3.8) is 0 Å². The highest BCUT2D eigenvalue weighted by atomic mass is 19.3. The van der Waals surface area contributed by atoms with Crippen LogP contribution in [0.4, 0.5) is 8.78 Å². The number of aliphatic hydroxyl groups is 1. The summed E-state index contributed by atoms with van der Waals surface area (Å²) >= 11 is 0. The maximum atomic E-state index is 13.1. The molecule has 0 spiro atoms. The Morgan fingerprint density at radius 1 is 1.21 bits per heavy atom. The Morgan fingerprint density at radius 3 is 2.32 bits per heavy atom. The van der Waals surface area contributed by atoms with E-state index in [0.29, 0.717) is 25.8 Å². The normalized spacial score (nSPS) is 23.9. The Morgan fingerprint density at radius 2 is 1.84 bits per heavy atom. The molecule has 0 aromatic rings. The van der Waals surface area contributed by atoms with Gasteiger partial charge in [0, 0.05) is 38.0 Å². The molecule has 0 aromatic heterocycles. The van der Waals surface area contributed by atoms with Crippen LogP contribution in [0.15, 0.2) is 0 Å². The molecule has 2 saturated carbocycles. The monoisotopic (exact) mass is 275 g/mol. The molecule has 110 valence electrons. The van der Waals surface area contributed by atoms with Gasteiger partial charge in [0.1, 0.15) is 0 Å².